The van der Waals surface area contributed by atoms with E-state index >= 15 is 0 Å². The predicted molar refractivity (Wildman–Crippen MR) is 9.13 cm³/mol. The third-order valence-electron chi connectivity index (χ3n) is 0. The molecule has 0 N–H and O–H groups in total. The molecule has 0 saturated carbocycles. The van der Waals surface area contributed by atoms with Crippen molar-refractivity contribution in [2.24, 2.45) is 0 Å². The zero-order valence-electron chi connectivity index (χ0n) is 1.71. The first-order valence-corrected chi connectivity index (χ1v) is 0.565. The summed E-state index contributed by atoms with van der Waals surface area (Å²) < 4.78 is 0. The Bertz CT molecular complexity index is 27.0. The Hall–Kier alpha value is -0.800. The number of nitrogens with zero attached hydrogens (tertiary/aromatic N) is 2. The van der Waals surface area contributed by atoms with E-state index in [9.17, 15) is 0 Å². The Balaban J connectivity index is 2.80. The Kier molecular flexibility index (Phi) is 0.524. The van der Waals surface area contributed by atoms with E-state index in [4.69, 9.17) is 16.0 Å². The van der Waals surface area contributed by atoms with Crippen LogP contribution in [0.15, 0.2) is 0 Å². The van der Waals surface area contributed by atoms with E-state index in [1.807, 2.05) is 0 Å². The molecule has 0 aromatic heterocycles. The molecule has 0 unspecified atom stereocenters. The fraction of sp³-hybridized carbons (Fsp3) is 0. The molecule has 0 aromatic rings. The van der Waals surface area contributed by atoms with Gasteiger partial charge in [-0.25, -0.2) is 10.1 Å². The van der Waals surface area contributed by atoms with E-state index in [1.165, 1.54) is 0 Å². The molecule has 0 aromatic carbocycles. The van der Waals surface area contributed by atoms with E-state index in [1.54, 1.807) is 0 Å². The number of hydrogen-bond acceptors (Lipinski definition) is 2. The largest absolute Gasteiger partial charge is 0.246 e. The van der Waals surface area contributed by atoms with Crippen molar-refractivity contribution in [2.45, 2.75) is 0 Å². The molecule has 0 fully saturated rings. The Morgan fingerprint density at radius 3 is 2.00 bits per heavy atom. The average Bonchev–Trinajstić information content (AvgIpc) is 0.811. The molecule has 0 bridgehead atoms. The van der Waals surface area contributed by atoms with Gasteiger partial charge in [-0.1, -0.05) is 0 Å². The third-order valence-corrected chi connectivity index (χ3v) is 0. The molecular formula is N2O2. The van der Waals surface area contributed by atoms with Crippen LogP contribution in [-0.2, 0) is 0 Å². The van der Waals surface area contributed by atoms with Crippen LogP contribution < -0.4 is 5.84 Å². The molecule has 4 heavy (non-hydrogen) atoms. The summed E-state index contributed by atoms with van der Waals surface area (Å²) >= 11 is 0. The van der Waals surface area contributed by atoms with Crippen LogP contribution in [0.25, 0.3) is 0 Å². The molecule has 0 amide bonds. The van der Waals surface area contributed by atoms with Gasteiger partial charge in [0.1, 0.15) is 0 Å². The molecule has 4 heteroatoms. The minimum Gasteiger partial charge on any atom is -0.231 e. The summed E-state index contributed by atoms with van der Waals surface area (Å²) in [6, 6.07) is 0. The second kappa shape index (κ2) is 0.655. The molecule has 2 radical (unpaired) electrons. The summed E-state index contributed by atoms with van der Waals surface area (Å²) in [6.45, 7) is 0. The van der Waals surface area contributed by atoms with E-state index in [0.717, 1.165) is 0 Å². The van der Waals surface area contributed by atoms with Gasteiger partial charge in [-0.05, 0) is 0 Å². The highest BCUT2D eigenvalue weighted by Crippen LogP contribution is 1.35. The van der Waals surface area contributed by atoms with E-state index in [-0.39, 0.29) is 0 Å². The van der Waals surface area contributed by atoms with Crippen molar-refractivity contribution in [1.82, 2.24) is 5.84 Å². The first-order valence-electron chi connectivity index (χ1n) is 0.565. The maximum absolute atomic E-state index is 8.36. The van der Waals surface area contributed by atoms with E-state index in [0.29, 0.717) is 0 Å². The van der Waals surface area contributed by atoms with Gasteiger partial charge in [-0.15, -0.1) is 0 Å². The lowest BCUT2D eigenvalue weighted by Gasteiger charge is -1.52. The van der Waals surface area contributed by atoms with Crippen LogP contribution in [-0.4, -0.2) is 5.03 Å². The van der Waals surface area contributed by atoms with Crippen LogP contribution >= 0.6 is 0 Å². The van der Waals surface area contributed by atoms with Crippen LogP contribution in [0.2, 0.25) is 0 Å². The molecule has 0 atom stereocenters. The summed E-state index contributed by atoms with van der Waals surface area (Å²) in [4.78, 5) is 8.36. The van der Waals surface area contributed by atoms with Crippen molar-refractivity contribution in [2.75, 3.05) is 0 Å². The van der Waals surface area contributed by atoms with Gasteiger partial charge in [0, 0.05) is 0 Å². The maximum atomic E-state index is 8.36. The monoisotopic (exact) mass is 60.0 g/mol. The van der Waals surface area contributed by atoms with E-state index < -0.39 is 5.03 Å². The average molecular weight is 60.0 g/mol. The topological polar surface area (TPSA) is 65.4 Å². The van der Waals surface area contributed by atoms with Crippen molar-refractivity contribution in [1.29, 1.82) is 0 Å². The summed E-state index contributed by atoms with van der Waals surface area (Å²) in [7, 11) is 0. The fourth-order valence-corrected chi connectivity index (χ4v) is 0. The highest BCUT2D eigenvalue weighted by molar-refractivity contribution is 3.86. The minimum atomic E-state index is -1.50. The lowest BCUT2D eigenvalue weighted by molar-refractivity contribution is -0.505. The smallest absolute Gasteiger partial charge is 0.231 e. The van der Waals surface area contributed by atoms with Crippen molar-refractivity contribution in [3.8, 4) is 0 Å². The maximum Gasteiger partial charge on any atom is 0.246 e. The van der Waals surface area contributed by atoms with Gasteiger partial charge in [0.25, 0.3) is 0 Å². The first kappa shape index (κ1) is 3.20. The third kappa shape index (κ3) is 0.0750. The normalized spacial score (nSPS) is 6.00. The highest BCUT2D eigenvalue weighted by atomic mass is 16.7. The van der Waals surface area contributed by atoms with Gasteiger partial charge in [-0.2, -0.15) is 0 Å². The van der Waals surface area contributed by atoms with Crippen molar-refractivity contribution < 1.29 is 5.03 Å². The van der Waals surface area contributed by atoms with Crippen LogP contribution in [0.1, 0.15) is 0 Å². The molecule has 22 valence electrons. The van der Waals surface area contributed by atoms with Gasteiger partial charge in [-0.3, -0.25) is 0 Å². The number of hydrogen-bond donors (Lipinski definition) is 0. The summed E-state index contributed by atoms with van der Waals surface area (Å²) in [6.07, 6.45) is 0. The molecule has 0 spiro atoms. The number of rotatable bonds is 0. The summed E-state index contributed by atoms with van der Waals surface area (Å²) in [5.74, 6) is 6.78. The van der Waals surface area contributed by atoms with Gasteiger partial charge in [0.15, 0.2) is 0 Å². The number of nitro groups is 1. The van der Waals surface area contributed by atoms with Crippen LogP contribution in [0.5, 0.6) is 0 Å². The molecular weight excluding hydrogens is 60.0 g/mol. The second-order valence-corrected chi connectivity index (χ2v) is 0.238. The Morgan fingerprint density at radius 2 is 2.00 bits per heavy atom. The second-order valence-electron chi connectivity index (χ2n) is 0.238. The SMILES string of the molecule is [N][N+](=O)[O-]. The molecule has 0 heterocycles. The van der Waals surface area contributed by atoms with Gasteiger partial charge < -0.3 is 0 Å². The molecule has 0 aliphatic heterocycles. The van der Waals surface area contributed by atoms with Crippen molar-refractivity contribution in [3.05, 3.63) is 10.1 Å². The predicted octanol–water partition coefficient (Wildman–Crippen LogP) is -0.753. The van der Waals surface area contributed by atoms with Gasteiger partial charge >= 0.3 is 0 Å². The molecule has 0 aliphatic carbocycles. The summed E-state index contributed by atoms with van der Waals surface area (Å²) in [5.41, 5.74) is 0. The highest BCUT2D eigenvalue weighted by Gasteiger charge is 1.69. The summed E-state index contributed by atoms with van der Waals surface area (Å²) in [5, 5.41) is 6.86. The zero-order chi connectivity index (χ0) is 3.58. The molecule has 0 saturated heterocycles. The van der Waals surface area contributed by atoms with Gasteiger partial charge in [0.2, 0.25) is 10.9 Å². The lowest BCUT2D eigenvalue weighted by atomic mass is 12.8. The van der Waals surface area contributed by atoms with Gasteiger partial charge in [0.05, 0.1) is 0 Å². The standard InChI is InChI=1S/N2O2/c1-2(3)4. The van der Waals surface area contributed by atoms with Crippen LogP contribution in [0, 0.1) is 10.1 Å². The quantitative estimate of drug-likeness (QED) is 0.272. The Morgan fingerprint density at radius 1 is 2.00 bits per heavy atom. The van der Waals surface area contributed by atoms with Crippen LogP contribution in [0.4, 0.5) is 0 Å². The van der Waals surface area contributed by atoms with Crippen molar-refractivity contribution >= 4 is 0 Å². The van der Waals surface area contributed by atoms with Crippen LogP contribution in [0.3, 0.4) is 0 Å². The van der Waals surface area contributed by atoms with E-state index in [2.05, 4.69) is 0 Å². The van der Waals surface area contributed by atoms with Crippen molar-refractivity contribution in [3.63, 3.8) is 0 Å². The zero-order valence-corrected chi connectivity index (χ0v) is 1.71. The Labute approximate surface area is 22.3 Å². The fourth-order valence-electron chi connectivity index (χ4n) is 0. The first-order chi connectivity index (χ1) is 1.73. The molecule has 0 aliphatic rings. The molecule has 0 rings (SSSR count). The molecule has 4 nitrogen and oxygen atoms in total. The minimum absolute atomic E-state index is 1.50. The lowest BCUT2D eigenvalue weighted by Crippen LogP contribution is -1.86.